The molecule has 7 heavy (non-hydrogen) atoms. The van der Waals surface area contributed by atoms with Crippen LogP contribution in [-0.2, 0) is 29.0 Å². The second kappa shape index (κ2) is 4.89. The molecule has 0 saturated heterocycles. The zero-order chi connectivity index (χ0) is 4.50. The summed E-state index contributed by atoms with van der Waals surface area (Å²) in [6.07, 6.45) is 0. The van der Waals surface area contributed by atoms with Crippen molar-refractivity contribution >= 4 is 10.4 Å². The van der Waals surface area contributed by atoms with Crippen molar-refractivity contribution in [3.63, 3.8) is 0 Å². The molecular weight excluding hydrogens is 182 g/mol. The zero-order valence-corrected chi connectivity index (χ0v) is 5.84. The van der Waals surface area contributed by atoms with Crippen LogP contribution < -0.4 is 12.4 Å². The third kappa shape index (κ3) is 274. The molecule has 1 radical (unpaired) electrons. The topological polar surface area (TPSA) is 80.3 Å². The van der Waals surface area contributed by atoms with Crippen molar-refractivity contribution in [2.75, 3.05) is 0 Å². The zero-order valence-electron chi connectivity index (χ0n) is 2.87. The minimum atomic E-state index is -5.17. The van der Waals surface area contributed by atoms with Gasteiger partial charge in [-0.05, 0) is 0 Å². The Labute approximate surface area is 59.2 Å². The van der Waals surface area contributed by atoms with Gasteiger partial charge < -0.3 is 21.5 Å². The first-order valence-corrected chi connectivity index (χ1v) is 2.00. The predicted molar refractivity (Wildman–Crippen MR) is 10.5 cm³/mol. The van der Waals surface area contributed by atoms with E-state index in [1.165, 1.54) is 0 Å². The van der Waals surface area contributed by atoms with Gasteiger partial charge in [-0.2, -0.15) is 0 Å². The normalized spacial score (nSPS) is 8.29. The van der Waals surface area contributed by atoms with Gasteiger partial charge in [-0.1, -0.05) is 0 Å². The Morgan fingerprint density at radius 1 is 1.14 bits per heavy atom. The van der Waals surface area contributed by atoms with Crippen LogP contribution in [0.15, 0.2) is 0 Å². The Morgan fingerprint density at radius 2 is 1.14 bits per heavy atom. The van der Waals surface area contributed by atoms with Crippen molar-refractivity contribution in [2.24, 2.45) is 0 Å². The molecule has 0 N–H and O–H groups in total. The molecule has 0 heterocycles. The van der Waals surface area contributed by atoms with Crippen molar-refractivity contribution in [3.05, 3.63) is 0 Å². The average Bonchev–Trinajstić information content (AvgIpc) is 0.722. The Bertz CT molecular complexity index is 94.9. The molecule has 0 aliphatic rings. The second-order valence-corrected chi connectivity index (χ2v) is 1.22. The smallest absolute Gasteiger partial charge is 0.0311 e. The van der Waals surface area contributed by atoms with E-state index < -0.39 is 10.4 Å². The van der Waals surface area contributed by atoms with Gasteiger partial charge in [0.25, 0.3) is 0 Å². The fraction of sp³-hybridized carbons (Fsp3) is 0. The predicted octanol–water partition coefficient (Wildman–Crippen LogP) is -4.34. The fourth-order valence-electron chi connectivity index (χ4n) is 0. The van der Waals surface area contributed by atoms with E-state index in [-0.39, 0.29) is 31.0 Å². The maximum Gasteiger partial charge on any atom is 0.0311 e. The molecule has 0 fully saturated rings. The molecule has 4 nitrogen and oxygen atoms in total. The first-order valence-electron chi connectivity index (χ1n) is 0.667. The van der Waals surface area contributed by atoms with Crippen LogP contribution in [0.5, 0.6) is 0 Å². The van der Waals surface area contributed by atoms with Gasteiger partial charge in [-0.15, -0.1) is 0 Å². The molecule has 0 saturated carbocycles. The molecule has 0 atom stereocenters. The summed E-state index contributed by atoms with van der Waals surface area (Å²) in [5.41, 5.74) is 0. The molecule has 0 aromatic rings. The van der Waals surface area contributed by atoms with Gasteiger partial charge in [0.05, 0.1) is 0 Å². The fourth-order valence-corrected chi connectivity index (χ4v) is 0. The maximum absolute atomic E-state index is 8.52. The van der Waals surface area contributed by atoms with Crippen LogP contribution in [0.25, 0.3) is 0 Å². The summed E-state index contributed by atoms with van der Waals surface area (Å²) in [5.74, 6) is 0. The summed E-state index contributed by atoms with van der Waals surface area (Å²) >= 11 is 0. The van der Waals surface area contributed by atoms with Crippen molar-refractivity contribution in [3.8, 4) is 0 Å². The summed E-state index contributed by atoms with van der Waals surface area (Å²) in [6, 6.07) is 0. The number of hydrogen-bond donors (Lipinski definition) is 0. The van der Waals surface area contributed by atoms with Gasteiger partial charge in [0.1, 0.15) is 0 Å². The molecule has 0 aliphatic heterocycles. The van der Waals surface area contributed by atoms with E-state index in [4.69, 9.17) is 17.5 Å². The average molecular weight is 182 g/mol. The second-order valence-electron chi connectivity index (χ2n) is 0.408. The molecule has 0 aromatic heterocycles. The van der Waals surface area contributed by atoms with Gasteiger partial charge in [-0.25, -0.2) is 0 Å². The van der Waals surface area contributed by atoms with E-state index in [0.717, 1.165) is 0 Å². The summed E-state index contributed by atoms with van der Waals surface area (Å²) in [4.78, 5) is 0. The van der Waals surface area contributed by atoms with Gasteiger partial charge in [0, 0.05) is 29.0 Å². The van der Waals surface area contributed by atoms with Gasteiger partial charge in [-0.3, -0.25) is 8.42 Å². The minimum Gasteiger partial charge on any atom is -1.00 e. The summed E-state index contributed by atoms with van der Waals surface area (Å²) in [6.45, 7) is 0. The van der Waals surface area contributed by atoms with E-state index >= 15 is 0 Å². The van der Waals surface area contributed by atoms with Crippen LogP contribution in [0.3, 0.4) is 0 Å². The molecule has 45 valence electrons. The minimum absolute atomic E-state index is 0. The van der Waals surface area contributed by atoms with Crippen LogP contribution in [-0.4, -0.2) is 17.5 Å². The van der Waals surface area contributed by atoms with Crippen molar-refractivity contribution in [2.45, 2.75) is 0 Å². The standard InChI is InChI=1S/ClH.H2O4S.V/c;1-5(2,3)4;/h1H;(H2,1,2,3,4);/p-3. The third-order valence-corrected chi connectivity index (χ3v) is 0. The Hall–Kier alpha value is 0.744. The number of halogens is 1. The molecular formula is ClO4SV-3. The first kappa shape index (κ1) is 15.6. The van der Waals surface area contributed by atoms with Gasteiger partial charge in [0.15, 0.2) is 0 Å². The summed E-state index contributed by atoms with van der Waals surface area (Å²) in [5, 5.41) is 0. The van der Waals surface area contributed by atoms with Gasteiger partial charge >= 0.3 is 0 Å². The van der Waals surface area contributed by atoms with Crippen molar-refractivity contribution in [1.29, 1.82) is 0 Å². The monoisotopic (exact) mass is 182 g/mol. The Balaban J connectivity index is -0.0000000800. The summed E-state index contributed by atoms with van der Waals surface area (Å²) < 4.78 is 34.1. The van der Waals surface area contributed by atoms with E-state index in [1.807, 2.05) is 0 Å². The van der Waals surface area contributed by atoms with Crippen molar-refractivity contribution < 1.29 is 48.5 Å². The van der Waals surface area contributed by atoms with Crippen LogP contribution in [0.4, 0.5) is 0 Å². The van der Waals surface area contributed by atoms with E-state index in [1.54, 1.807) is 0 Å². The quantitative estimate of drug-likeness (QED) is 0.280. The van der Waals surface area contributed by atoms with Gasteiger partial charge in [0.2, 0.25) is 0 Å². The van der Waals surface area contributed by atoms with Crippen LogP contribution in [0.2, 0.25) is 0 Å². The molecule has 0 aromatic carbocycles. The van der Waals surface area contributed by atoms with Crippen LogP contribution >= 0.6 is 0 Å². The first-order chi connectivity index (χ1) is 2.00. The molecule has 0 spiro atoms. The Morgan fingerprint density at radius 3 is 1.14 bits per heavy atom. The maximum atomic E-state index is 8.52. The van der Waals surface area contributed by atoms with Crippen molar-refractivity contribution in [1.82, 2.24) is 0 Å². The molecule has 0 aliphatic carbocycles. The molecule has 7 heteroatoms. The Kier molecular flexibility index (Phi) is 10.9. The van der Waals surface area contributed by atoms with E-state index in [9.17, 15) is 0 Å². The largest absolute Gasteiger partial charge is 1.00 e. The van der Waals surface area contributed by atoms with E-state index in [0.29, 0.717) is 0 Å². The van der Waals surface area contributed by atoms with Crippen LogP contribution in [0.1, 0.15) is 0 Å². The SMILES string of the molecule is O=S(=O)([O-])[O-].[Cl-].[V]. The molecule has 0 bridgehead atoms. The molecule has 0 rings (SSSR count). The molecule has 0 amide bonds. The van der Waals surface area contributed by atoms with Crippen LogP contribution in [0, 0.1) is 0 Å². The number of hydrogen-bond acceptors (Lipinski definition) is 4. The number of rotatable bonds is 0. The summed E-state index contributed by atoms with van der Waals surface area (Å²) in [7, 11) is -5.17. The third-order valence-electron chi connectivity index (χ3n) is 0. The van der Waals surface area contributed by atoms with E-state index in [2.05, 4.69) is 0 Å². The molecule has 0 unspecified atom stereocenters.